The van der Waals surface area contributed by atoms with Crippen LogP contribution in [0, 0.1) is 0 Å². The van der Waals surface area contributed by atoms with Crippen LogP contribution in [-0.2, 0) is 12.8 Å². The molecule has 0 radical (unpaired) electrons. The SMILES string of the molecule is CCCc1cccc(C(CCc2cccnc2)NCC)c1. The van der Waals surface area contributed by atoms with E-state index in [1.54, 1.807) is 0 Å². The molecule has 2 nitrogen and oxygen atoms in total. The zero-order valence-electron chi connectivity index (χ0n) is 13.2. The molecular formula is C19H26N2. The highest BCUT2D eigenvalue weighted by Crippen LogP contribution is 2.21. The predicted octanol–water partition coefficient (Wildman–Crippen LogP) is 4.32. The molecule has 0 bridgehead atoms. The van der Waals surface area contributed by atoms with Gasteiger partial charge < -0.3 is 5.32 Å². The minimum absolute atomic E-state index is 0.423. The lowest BCUT2D eigenvalue weighted by atomic mass is 9.97. The molecule has 1 N–H and O–H groups in total. The van der Waals surface area contributed by atoms with Crippen LogP contribution in [0.15, 0.2) is 48.8 Å². The Morgan fingerprint density at radius 1 is 1.05 bits per heavy atom. The van der Waals surface area contributed by atoms with Crippen LogP contribution in [0.1, 0.15) is 49.4 Å². The lowest BCUT2D eigenvalue weighted by Gasteiger charge is -2.19. The van der Waals surface area contributed by atoms with E-state index in [1.807, 2.05) is 18.5 Å². The zero-order chi connectivity index (χ0) is 14.9. The fraction of sp³-hybridized carbons (Fsp3) is 0.421. The van der Waals surface area contributed by atoms with Gasteiger partial charge in [-0.25, -0.2) is 0 Å². The normalized spacial score (nSPS) is 12.3. The van der Waals surface area contributed by atoms with Crippen LogP contribution < -0.4 is 5.32 Å². The Balaban J connectivity index is 2.05. The van der Waals surface area contributed by atoms with E-state index in [0.717, 1.165) is 25.8 Å². The fourth-order valence-electron chi connectivity index (χ4n) is 2.74. The summed E-state index contributed by atoms with van der Waals surface area (Å²) < 4.78 is 0. The van der Waals surface area contributed by atoms with Crippen LogP contribution in [0.3, 0.4) is 0 Å². The number of aromatic nitrogens is 1. The first kappa shape index (κ1) is 15.7. The van der Waals surface area contributed by atoms with Gasteiger partial charge in [-0.1, -0.05) is 50.6 Å². The molecule has 0 spiro atoms. The molecule has 0 aliphatic heterocycles. The summed E-state index contributed by atoms with van der Waals surface area (Å²) in [5.41, 5.74) is 4.16. The minimum Gasteiger partial charge on any atom is -0.310 e. The van der Waals surface area contributed by atoms with Gasteiger partial charge in [0.2, 0.25) is 0 Å². The van der Waals surface area contributed by atoms with Crippen molar-refractivity contribution in [2.24, 2.45) is 0 Å². The molecule has 0 amide bonds. The highest BCUT2D eigenvalue weighted by molar-refractivity contribution is 5.26. The number of nitrogens with one attached hydrogen (secondary N) is 1. The first-order chi connectivity index (χ1) is 10.3. The van der Waals surface area contributed by atoms with Crippen LogP contribution in [0.2, 0.25) is 0 Å². The Kier molecular flexibility index (Phi) is 6.42. The van der Waals surface area contributed by atoms with Crippen molar-refractivity contribution in [1.82, 2.24) is 10.3 Å². The number of aryl methyl sites for hydroxylation is 2. The van der Waals surface area contributed by atoms with Crippen molar-refractivity contribution in [1.29, 1.82) is 0 Å². The number of benzene rings is 1. The molecule has 2 aromatic rings. The molecule has 1 atom stereocenters. The summed E-state index contributed by atoms with van der Waals surface area (Å²) in [6.45, 7) is 5.40. The first-order valence-electron chi connectivity index (χ1n) is 8.04. The van der Waals surface area contributed by atoms with Gasteiger partial charge in [0.25, 0.3) is 0 Å². The fourth-order valence-corrected chi connectivity index (χ4v) is 2.74. The van der Waals surface area contributed by atoms with Crippen molar-refractivity contribution >= 4 is 0 Å². The smallest absolute Gasteiger partial charge is 0.0323 e. The molecule has 0 saturated carbocycles. The highest BCUT2D eigenvalue weighted by atomic mass is 14.9. The monoisotopic (exact) mass is 282 g/mol. The quantitative estimate of drug-likeness (QED) is 0.780. The van der Waals surface area contributed by atoms with Gasteiger partial charge in [0, 0.05) is 18.4 Å². The van der Waals surface area contributed by atoms with Crippen molar-refractivity contribution in [3.05, 3.63) is 65.5 Å². The van der Waals surface area contributed by atoms with Crippen molar-refractivity contribution in [2.45, 2.75) is 45.6 Å². The van der Waals surface area contributed by atoms with Crippen molar-refractivity contribution in [3.63, 3.8) is 0 Å². The second-order valence-electron chi connectivity index (χ2n) is 5.51. The molecule has 112 valence electrons. The summed E-state index contributed by atoms with van der Waals surface area (Å²) in [6, 6.07) is 13.6. The molecule has 21 heavy (non-hydrogen) atoms. The van der Waals surface area contributed by atoms with Crippen LogP contribution in [0.5, 0.6) is 0 Å². The summed E-state index contributed by atoms with van der Waals surface area (Å²) >= 11 is 0. The molecule has 2 heteroatoms. The van der Waals surface area contributed by atoms with Crippen molar-refractivity contribution in [2.75, 3.05) is 6.54 Å². The maximum atomic E-state index is 4.20. The second kappa shape index (κ2) is 8.58. The van der Waals surface area contributed by atoms with E-state index >= 15 is 0 Å². The molecule has 1 aromatic carbocycles. The zero-order valence-corrected chi connectivity index (χ0v) is 13.2. The number of pyridine rings is 1. The van der Waals surface area contributed by atoms with Gasteiger partial charge in [-0.15, -0.1) is 0 Å². The summed E-state index contributed by atoms with van der Waals surface area (Å²) in [5.74, 6) is 0. The van der Waals surface area contributed by atoms with E-state index in [4.69, 9.17) is 0 Å². The summed E-state index contributed by atoms with van der Waals surface area (Å²) in [4.78, 5) is 4.20. The first-order valence-corrected chi connectivity index (χ1v) is 8.04. The third-order valence-electron chi connectivity index (χ3n) is 3.79. The van der Waals surface area contributed by atoms with E-state index in [1.165, 1.54) is 23.1 Å². The highest BCUT2D eigenvalue weighted by Gasteiger charge is 2.11. The van der Waals surface area contributed by atoms with Gasteiger partial charge in [-0.2, -0.15) is 0 Å². The van der Waals surface area contributed by atoms with Gasteiger partial charge in [-0.05, 0) is 48.6 Å². The van der Waals surface area contributed by atoms with Crippen LogP contribution >= 0.6 is 0 Å². The lowest BCUT2D eigenvalue weighted by molar-refractivity contribution is 0.514. The van der Waals surface area contributed by atoms with Gasteiger partial charge in [0.05, 0.1) is 0 Å². The van der Waals surface area contributed by atoms with E-state index in [2.05, 4.69) is 54.5 Å². The molecular weight excluding hydrogens is 256 g/mol. The maximum Gasteiger partial charge on any atom is 0.0323 e. The van der Waals surface area contributed by atoms with E-state index in [9.17, 15) is 0 Å². The molecule has 0 aliphatic carbocycles. The predicted molar refractivity (Wildman–Crippen MR) is 89.4 cm³/mol. The van der Waals surface area contributed by atoms with Crippen LogP contribution in [-0.4, -0.2) is 11.5 Å². The largest absolute Gasteiger partial charge is 0.310 e. The third kappa shape index (κ3) is 4.98. The average molecular weight is 282 g/mol. The van der Waals surface area contributed by atoms with E-state index < -0.39 is 0 Å². The Morgan fingerprint density at radius 2 is 1.90 bits per heavy atom. The number of hydrogen-bond acceptors (Lipinski definition) is 2. The molecule has 1 unspecified atom stereocenters. The topological polar surface area (TPSA) is 24.9 Å². The van der Waals surface area contributed by atoms with Gasteiger partial charge in [-0.3, -0.25) is 4.98 Å². The number of hydrogen-bond donors (Lipinski definition) is 1. The van der Waals surface area contributed by atoms with Gasteiger partial charge >= 0.3 is 0 Å². The Labute approximate surface area is 128 Å². The van der Waals surface area contributed by atoms with E-state index in [0.29, 0.717) is 6.04 Å². The standard InChI is InChI=1S/C19H26N2/c1-3-7-16-8-5-10-18(14-16)19(21-4-2)12-11-17-9-6-13-20-15-17/h5-6,8-10,13-15,19,21H,3-4,7,11-12H2,1-2H3. The van der Waals surface area contributed by atoms with E-state index in [-0.39, 0.29) is 0 Å². The third-order valence-corrected chi connectivity index (χ3v) is 3.79. The number of nitrogens with zero attached hydrogens (tertiary/aromatic N) is 1. The van der Waals surface area contributed by atoms with Crippen molar-refractivity contribution in [3.8, 4) is 0 Å². The summed E-state index contributed by atoms with van der Waals surface area (Å²) in [6.07, 6.45) is 8.33. The lowest BCUT2D eigenvalue weighted by Crippen LogP contribution is -2.21. The Morgan fingerprint density at radius 3 is 2.62 bits per heavy atom. The maximum absolute atomic E-state index is 4.20. The van der Waals surface area contributed by atoms with Crippen molar-refractivity contribution < 1.29 is 0 Å². The Hall–Kier alpha value is -1.67. The minimum atomic E-state index is 0.423. The van der Waals surface area contributed by atoms with Gasteiger partial charge in [0.15, 0.2) is 0 Å². The molecule has 1 heterocycles. The van der Waals surface area contributed by atoms with Gasteiger partial charge in [0.1, 0.15) is 0 Å². The molecule has 0 fully saturated rings. The molecule has 0 aliphatic rings. The summed E-state index contributed by atoms with van der Waals surface area (Å²) in [5, 5.41) is 3.62. The number of rotatable bonds is 8. The molecule has 0 saturated heterocycles. The summed E-state index contributed by atoms with van der Waals surface area (Å²) in [7, 11) is 0. The second-order valence-corrected chi connectivity index (χ2v) is 5.51. The van der Waals surface area contributed by atoms with Crippen LogP contribution in [0.4, 0.5) is 0 Å². The molecule has 2 rings (SSSR count). The Bertz CT molecular complexity index is 522. The molecule has 1 aromatic heterocycles. The van der Waals surface area contributed by atoms with Crippen LogP contribution in [0.25, 0.3) is 0 Å². The average Bonchev–Trinajstić information content (AvgIpc) is 2.53.